The lowest BCUT2D eigenvalue weighted by atomic mass is 9.98. The Morgan fingerprint density at radius 3 is 1.45 bits per heavy atom. The summed E-state index contributed by atoms with van der Waals surface area (Å²) in [7, 11) is 0. The molecule has 0 spiro atoms. The Kier molecular flexibility index (Phi) is 20.5. The minimum absolute atomic E-state index is 0.195. The molecule has 348 valence electrons. The molecule has 60 heavy (non-hydrogen) atoms. The fraction of sp³-hybridized carbons (Fsp3) is 0.854. The molecule has 0 N–H and O–H groups in total. The highest BCUT2D eigenvalue weighted by molar-refractivity contribution is 5.69. The van der Waals surface area contributed by atoms with E-state index in [9.17, 15) is 24.0 Å². The van der Waals surface area contributed by atoms with Gasteiger partial charge in [0.15, 0.2) is 24.6 Å². The minimum Gasteiger partial charge on any atom is -0.463 e. The summed E-state index contributed by atoms with van der Waals surface area (Å²) in [6, 6.07) is 0. The number of rotatable bonds is 36. The number of carbonyl (C=O) groups is 5. The van der Waals surface area contributed by atoms with Crippen LogP contribution in [0.5, 0.6) is 0 Å². The van der Waals surface area contributed by atoms with Gasteiger partial charge in [-0.3, -0.25) is 24.0 Å². The molecule has 0 bridgehead atoms. The molecule has 0 aromatic rings. The zero-order chi connectivity index (χ0) is 56.9. The predicted octanol–water partition coefficient (Wildman–Crippen LogP) is 11.1. The molecule has 0 aromatic carbocycles. The van der Waals surface area contributed by atoms with Crippen molar-refractivity contribution in [2.24, 2.45) is 0 Å². The molecular formula is C48H84O12. The van der Waals surface area contributed by atoms with Gasteiger partial charge in [-0.1, -0.05) is 155 Å². The number of hydrogen-bond donors (Lipinski definition) is 0. The Bertz CT molecular complexity index is 1700. The third-order valence-electron chi connectivity index (χ3n) is 10.5. The normalized spacial score (nSPS) is 24.4. The third-order valence-corrected chi connectivity index (χ3v) is 10.5. The lowest BCUT2D eigenvalue weighted by Gasteiger charge is -2.44. The highest BCUT2D eigenvalue weighted by Crippen LogP contribution is 2.31. The van der Waals surface area contributed by atoms with Crippen molar-refractivity contribution in [3.05, 3.63) is 11.6 Å². The van der Waals surface area contributed by atoms with Crippen molar-refractivity contribution in [2.45, 2.75) is 252 Å². The largest absolute Gasteiger partial charge is 0.463 e. The van der Waals surface area contributed by atoms with Crippen molar-refractivity contribution < 1.29 is 77.7 Å². The summed E-state index contributed by atoms with van der Waals surface area (Å²) in [5.74, 6) is -9.39. The number of unbranched alkanes of at least 4 members (excludes halogenated alkanes) is 22. The van der Waals surface area contributed by atoms with E-state index in [-0.39, 0.29) is 12.8 Å². The molecule has 0 aliphatic carbocycles. The maximum Gasteiger partial charge on any atom is 0.303 e. The van der Waals surface area contributed by atoms with E-state index in [4.69, 9.17) is 53.7 Å². The van der Waals surface area contributed by atoms with Gasteiger partial charge in [0.25, 0.3) is 0 Å². The van der Waals surface area contributed by atoms with Crippen molar-refractivity contribution in [1.82, 2.24) is 0 Å². The van der Waals surface area contributed by atoms with Crippen LogP contribution in [0.25, 0.3) is 0 Å². The van der Waals surface area contributed by atoms with Crippen LogP contribution >= 0.6 is 0 Å². The Morgan fingerprint density at radius 2 is 0.967 bits per heavy atom. The monoisotopic (exact) mass is 868 g/mol. The Labute approximate surface area is 384 Å². The van der Waals surface area contributed by atoms with Gasteiger partial charge in [-0.15, -0.1) is 0 Å². The quantitative estimate of drug-likeness (QED) is 0.0255. The summed E-state index contributed by atoms with van der Waals surface area (Å²) >= 11 is 0. The molecule has 0 radical (unpaired) electrons. The standard InChI is InChI=1S/C48H84O12/c1-8-10-12-14-16-18-20-22-24-26-28-30-32-42(34-43(56-38(4)50)33-31-29-27-25-23-21-19-17-15-13-11-9-2)35-55-48-47(59-41(7)53)46(58-40(6)52)45(57-39(5)51)44(60-48)36-54-37(3)49/h34,43-48H,8-33,35-36H2,1-7H3/b42-34+/t43-,44+,45+,46-,47+,48+/m0/s1/i3D3,4D3,5D3,6D3,7D3. The zero-order valence-corrected chi connectivity index (χ0v) is 36.2. The smallest absolute Gasteiger partial charge is 0.303 e. The Balaban J connectivity index is 3.74. The molecule has 12 heteroatoms. The second kappa shape index (κ2) is 35.6. The maximum atomic E-state index is 13.1. The Morgan fingerprint density at radius 1 is 0.533 bits per heavy atom. The van der Waals surface area contributed by atoms with E-state index >= 15 is 0 Å². The van der Waals surface area contributed by atoms with E-state index < -0.39 is 114 Å². The van der Waals surface area contributed by atoms with Crippen LogP contribution < -0.4 is 0 Å². The number of ether oxygens (including phenoxy) is 7. The molecule has 1 heterocycles. The molecule has 1 rings (SSSR count). The van der Waals surface area contributed by atoms with Gasteiger partial charge in [0.1, 0.15) is 18.8 Å². The highest BCUT2D eigenvalue weighted by Gasteiger charge is 2.52. The lowest BCUT2D eigenvalue weighted by molar-refractivity contribution is -0.306. The van der Waals surface area contributed by atoms with Crippen LogP contribution in [0.3, 0.4) is 0 Å². The van der Waals surface area contributed by atoms with Gasteiger partial charge in [0, 0.05) is 54.8 Å². The first-order valence-electron chi connectivity index (χ1n) is 29.9. The molecule has 12 nitrogen and oxygen atoms in total. The van der Waals surface area contributed by atoms with E-state index in [0.717, 1.165) is 70.6 Å². The lowest BCUT2D eigenvalue weighted by Crippen LogP contribution is -2.63. The second-order valence-electron chi connectivity index (χ2n) is 15.6. The van der Waals surface area contributed by atoms with Crippen molar-refractivity contribution in [3.8, 4) is 0 Å². The fourth-order valence-electron chi connectivity index (χ4n) is 7.43. The van der Waals surface area contributed by atoms with Crippen molar-refractivity contribution in [2.75, 3.05) is 13.2 Å². The van der Waals surface area contributed by atoms with Crippen LogP contribution in [-0.4, -0.2) is 79.9 Å². The average molecular weight is 868 g/mol. The number of carbonyl (C=O) groups excluding carboxylic acids is 5. The first-order chi connectivity index (χ1) is 34.9. The topological polar surface area (TPSA) is 150 Å². The van der Waals surface area contributed by atoms with E-state index in [2.05, 4.69) is 13.8 Å². The van der Waals surface area contributed by atoms with Crippen LogP contribution in [-0.2, 0) is 57.1 Å². The maximum absolute atomic E-state index is 13.1. The summed E-state index contributed by atoms with van der Waals surface area (Å²) in [6.45, 7) is -14.7. The van der Waals surface area contributed by atoms with E-state index in [1.54, 1.807) is 0 Å². The van der Waals surface area contributed by atoms with Gasteiger partial charge in [0.2, 0.25) is 0 Å². The van der Waals surface area contributed by atoms with Crippen molar-refractivity contribution >= 4 is 29.8 Å². The molecule has 0 aromatic heterocycles. The zero-order valence-electron chi connectivity index (χ0n) is 51.2. The van der Waals surface area contributed by atoms with E-state index in [1.807, 2.05) is 0 Å². The summed E-state index contributed by atoms with van der Waals surface area (Å²) in [5.41, 5.74) is 0.353. The van der Waals surface area contributed by atoms with Gasteiger partial charge < -0.3 is 33.2 Å². The first-order valence-corrected chi connectivity index (χ1v) is 22.4. The van der Waals surface area contributed by atoms with Crippen LogP contribution in [0.1, 0.15) is 236 Å². The molecule has 1 saturated heterocycles. The predicted molar refractivity (Wildman–Crippen MR) is 233 cm³/mol. The first kappa shape index (κ1) is 34.5. The average Bonchev–Trinajstić information content (AvgIpc) is 3.30. The highest BCUT2D eigenvalue weighted by atomic mass is 16.7. The fourth-order valence-corrected chi connectivity index (χ4v) is 7.43. The number of hydrogen-bond acceptors (Lipinski definition) is 12. The van der Waals surface area contributed by atoms with Crippen molar-refractivity contribution in [1.29, 1.82) is 0 Å². The summed E-state index contributed by atoms with van der Waals surface area (Å²) < 4.78 is 152. The van der Waals surface area contributed by atoms with Crippen LogP contribution in [0.4, 0.5) is 0 Å². The molecule has 0 amide bonds. The SMILES string of the molecule is [2H]C([2H])([2H])C(=O)OC[C@H]1O[C@@H](OC/C(=C/[C@H](CCCCCCCCCCCCCC)OC(=O)C([2H])([2H])[2H])CCCCCCCCCCCCCC)[C@H](OC(=O)C([2H])([2H])[2H])[C@@H](OC(=O)C([2H])([2H])[2H])[C@@H]1OC(=O)C([2H])([2H])[2H]. The van der Waals surface area contributed by atoms with Crippen LogP contribution in [0.2, 0.25) is 0 Å². The molecule has 0 unspecified atom stereocenters. The minimum atomic E-state index is -3.60. The van der Waals surface area contributed by atoms with Gasteiger partial charge >= 0.3 is 29.8 Å². The second-order valence-corrected chi connectivity index (χ2v) is 15.6. The van der Waals surface area contributed by atoms with Gasteiger partial charge in [-0.05, 0) is 37.3 Å². The Hall–Kier alpha value is -2.99. The molecular weight excluding hydrogens is 769 g/mol. The summed E-state index contributed by atoms with van der Waals surface area (Å²) in [5, 5.41) is 0. The molecule has 6 atom stereocenters. The van der Waals surface area contributed by atoms with Crippen LogP contribution in [0.15, 0.2) is 11.6 Å². The molecule has 1 fully saturated rings. The van der Waals surface area contributed by atoms with E-state index in [1.165, 1.54) is 70.3 Å². The van der Waals surface area contributed by atoms with Crippen molar-refractivity contribution in [3.63, 3.8) is 0 Å². The molecule has 1 aliphatic heterocycles. The molecule has 0 saturated carbocycles. The summed E-state index contributed by atoms with van der Waals surface area (Å²) in [6.07, 6.45) is 14.0. The van der Waals surface area contributed by atoms with Gasteiger partial charge in [-0.2, -0.15) is 0 Å². The van der Waals surface area contributed by atoms with Crippen LogP contribution in [0, 0.1) is 0 Å². The number of esters is 5. The van der Waals surface area contributed by atoms with E-state index in [0.29, 0.717) is 24.8 Å². The third kappa shape index (κ3) is 28.5. The summed E-state index contributed by atoms with van der Waals surface area (Å²) in [4.78, 5) is 64.4. The molecule has 1 aliphatic rings. The van der Waals surface area contributed by atoms with Gasteiger partial charge in [0.05, 0.1) is 6.61 Å². The van der Waals surface area contributed by atoms with Gasteiger partial charge in [-0.25, -0.2) is 0 Å².